The summed E-state index contributed by atoms with van der Waals surface area (Å²) in [5, 5.41) is 12.6. The molecule has 2 atom stereocenters. The summed E-state index contributed by atoms with van der Waals surface area (Å²) in [4.78, 5) is 11.8. The predicted octanol–water partition coefficient (Wildman–Crippen LogP) is 1.02. The smallest absolute Gasteiger partial charge is 0.253 e. The molecule has 0 radical (unpaired) electrons. The van der Waals surface area contributed by atoms with Crippen molar-refractivity contribution in [2.75, 3.05) is 20.3 Å². The van der Waals surface area contributed by atoms with E-state index in [1.807, 2.05) is 0 Å². The van der Waals surface area contributed by atoms with Gasteiger partial charge in [-0.15, -0.1) is 0 Å². The largest absolute Gasteiger partial charge is 0.497 e. The summed E-state index contributed by atoms with van der Waals surface area (Å²) < 4.78 is 10.4. The molecule has 19 heavy (non-hydrogen) atoms. The highest BCUT2D eigenvalue weighted by Crippen LogP contribution is 2.18. The summed E-state index contributed by atoms with van der Waals surface area (Å²) >= 11 is 0. The summed E-state index contributed by atoms with van der Waals surface area (Å²) in [6, 6.07) is 6.78. The van der Waals surface area contributed by atoms with Crippen molar-refractivity contribution in [2.24, 2.45) is 0 Å². The van der Waals surface area contributed by atoms with Crippen LogP contribution in [0.5, 0.6) is 5.75 Å². The number of methoxy groups -OCH3 is 1. The lowest BCUT2D eigenvalue weighted by molar-refractivity contribution is -0.130. The van der Waals surface area contributed by atoms with Gasteiger partial charge < -0.3 is 19.9 Å². The highest BCUT2D eigenvalue weighted by atomic mass is 16.5. The van der Waals surface area contributed by atoms with Crippen molar-refractivity contribution in [3.63, 3.8) is 0 Å². The minimum Gasteiger partial charge on any atom is -0.497 e. The van der Waals surface area contributed by atoms with Gasteiger partial charge in [0.25, 0.3) is 5.91 Å². The van der Waals surface area contributed by atoms with Gasteiger partial charge in [-0.1, -0.05) is 12.1 Å². The molecule has 5 heteroatoms. The minimum absolute atomic E-state index is 0.0759. The maximum atomic E-state index is 11.8. The zero-order valence-electron chi connectivity index (χ0n) is 11.0. The van der Waals surface area contributed by atoms with E-state index in [9.17, 15) is 9.90 Å². The summed E-state index contributed by atoms with van der Waals surface area (Å²) in [7, 11) is 1.57. The average molecular weight is 265 g/mol. The fourth-order valence-corrected chi connectivity index (χ4v) is 2.05. The summed E-state index contributed by atoms with van der Waals surface area (Å²) in [5.74, 6) is 0.288. The van der Waals surface area contributed by atoms with Gasteiger partial charge in [0.05, 0.1) is 13.2 Å². The Balaban J connectivity index is 1.86. The second kappa shape index (κ2) is 6.54. The maximum Gasteiger partial charge on any atom is 0.253 e. The standard InChI is InChI=1S/C14H19NO4/c1-18-11-6-4-10(5-7-11)13(16)14(17)15-9-12-3-2-8-19-12/h4-7,12-13,16H,2-3,8-9H2,1H3,(H,15,17). The van der Waals surface area contributed by atoms with E-state index in [1.165, 1.54) is 0 Å². The molecule has 0 aliphatic carbocycles. The first-order valence-electron chi connectivity index (χ1n) is 6.42. The Bertz CT molecular complexity index is 412. The van der Waals surface area contributed by atoms with Crippen LogP contribution in [0.15, 0.2) is 24.3 Å². The molecule has 1 aliphatic rings. The highest BCUT2D eigenvalue weighted by molar-refractivity contribution is 5.81. The SMILES string of the molecule is COc1ccc(C(O)C(=O)NCC2CCCO2)cc1. The second-order valence-electron chi connectivity index (χ2n) is 4.56. The monoisotopic (exact) mass is 265 g/mol. The van der Waals surface area contributed by atoms with E-state index in [0.29, 0.717) is 17.9 Å². The number of nitrogens with one attached hydrogen (secondary N) is 1. The topological polar surface area (TPSA) is 67.8 Å². The number of ether oxygens (including phenoxy) is 2. The fraction of sp³-hybridized carbons (Fsp3) is 0.500. The third-order valence-corrected chi connectivity index (χ3v) is 3.21. The number of benzene rings is 1. The molecular weight excluding hydrogens is 246 g/mol. The molecule has 2 N–H and O–H groups in total. The Hall–Kier alpha value is -1.59. The average Bonchev–Trinajstić information content (AvgIpc) is 2.97. The van der Waals surface area contributed by atoms with E-state index in [0.717, 1.165) is 19.4 Å². The molecular formula is C14H19NO4. The molecule has 0 aromatic heterocycles. The lowest BCUT2D eigenvalue weighted by atomic mass is 10.1. The molecule has 1 heterocycles. The van der Waals surface area contributed by atoms with Crippen molar-refractivity contribution in [3.05, 3.63) is 29.8 Å². The van der Waals surface area contributed by atoms with Crippen LogP contribution in [-0.2, 0) is 9.53 Å². The predicted molar refractivity (Wildman–Crippen MR) is 69.9 cm³/mol. The quantitative estimate of drug-likeness (QED) is 0.834. The van der Waals surface area contributed by atoms with Crippen LogP contribution in [0.25, 0.3) is 0 Å². The first-order valence-corrected chi connectivity index (χ1v) is 6.42. The third-order valence-electron chi connectivity index (χ3n) is 3.21. The van der Waals surface area contributed by atoms with Gasteiger partial charge in [-0.25, -0.2) is 0 Å². The molecule has 2 unspecified atom stereocenters. The number of hydrogen-bond donors (Lipinski definition) is 2. The lowest BCUT2D eigenvalue weighted by Gasteiger charge is -2.14. The van der Waals surface area contributed by atoms with Crippen LogP contribution < -0.4 is 10.1 Å². The molecule has 0 bridgehead atoms. The van der Waals surface area contributed by atoms with Crippen LogP contribution in [-0.4, -0.2) is 37.4 Å². The zero-order valence-corrected chi connectivity index (χ0v) is 11.0. The van der Waals surface area contributed by atoms with E-state index in [2.05, 4.69) is 5.32 Å². The van der Waals surface area contributed by atoms with Crippen LogP contribution in [0.4, 0.5) is 0 Å². The van der Waals surface area contributed by atoms with Gasteiger partial charge in [0.15, 0.2) is 6.10 Å². The molecule has 0 spiro atoms. The molecule has 1 aliphatic heterocycles. The summed E-state index contributed by atoms with van der Waals surface area (Å²) in [5.41, 5.74) is 0.547. The van der Waals surface area contributed by atoms with E-state index in [-0.39, 0.29) is 6.10 Å². The van der Waals surface area contributed by atoms with Gasteiger partial charge in [-0.2, -0.15) is 0 Å². The van der Waals surface area contributed by atoms with Crippen LogP contribution >= 0.6 is 0 Å². The highest BCUT2D eigenvalue weighted by Gasteiger charge is 2.20. The molecule has 1 saturated heterocycles. The molecule has 5 nitrogen and oxygen atoms in total. The molecule has 1 fully saturated rings. The normalized spacial score (nSPS) is 20.0. The minimum atomic E-state index is -1.16. The molecule has 0 saturated carbocycles. The van der Waals surface area contributed by atoms with E-state index in [1.54, 1.807) is 31.4 Å². The Labute approximate surface area is 112 Å². The van der Waals surface area contributed by atoms with Gasteiger partial charge in [0, 0.05) is 13.2 Å². The molecule has 104 valence electrons. The summed E-state index contributed by atoms with van der Waals surface area (Å²) in [6.45, 7) is 1.20. The van der Waals surface area contributed by atoms with Crippen molar-refractivity contribution in [1.29, 1.82) is 0 Å². The van der Waals surface area contributed by atoms with Crippen molar-refractivity contribution < 1.29 is 19.4 Å². The number of carbonyl (C=O) groups excluding carboxylic acids is 1. The van der Waals surface area contributed by atoms with Crippen LogP contribution in [0.2, 0.25) is 0 Å². The van der Waals surface area contributed by atoms with Gasteiger partial charge in [-0.05, 0) is 30.5 Å². The third kappa shape index (κ3) is 3.68. The van der Waals surface area contributed by atoms with Gasteiger partial charge in [0.2, 0.25) is 0 Å². The Kier molecular flexibility index (Phi) is 4.76. The molecule has 2 rings (SSSR count). The molecule has 1 aromatic carbocycles. The second-order valence-corrected chi connectivity index (χ2v) is 4.56. The number of aliphatic hydroxyl groups is 1. The number of aliphatic hydroxyl groups excluding tert-OH is 1. The van der Waals surface area contributed by atoms with Gasteiger partial charge in [-0.3, -0.25) is 4.79 Å². The van der Waals surface area contributed by atoms with Gasteiger partial charge >= 0.3 is 0 Å². The lowest BCUT2D eigenvalue weighted by Crippen LogP contribution is -2.35. The first-order chi connectivity index (χ1) is 9.20. The van der Waals surface area contributed by atoms with Crippen molar-refractivity contribution in [1.82, 2.24) is 5.32 Å². The van der Waals surface area contributed by atoms with Crippen molar-refractivity contribution >= 4 is 5.91 Å². The van der Waals surface area contributed by atoms with E-state index >= 15 is 0 Å². The number of hydrogen-bond acceptors (Lipinski definition) is 4. The Morgan fingerprint density at radius 1 is 1.53 bits per heavy atom. The maximum absolute atomic E-state index is 11.8. The Morgan fingerprint density at radius 3 is 2.84 bits per heavy atom. The van der Waals surface area contributed by atoms with Crippen LogP contribution in [0, 0.1) is 0 Å². The first kappa shape index (κ1) is 13.8. The van der Waals surface area contributed by atoms with Crippen LogP contribution in [0.1, 0.15) is 24.5 Å². The van der Waals surface area contributed by atoms with Crippen molar-refractivity contribution in [2.45, 2.75) is 25.0 Å². The summed E-state index contributed by atoms with van der Waals surface area (Å²) in [6.07, 6.45) is 0.903. The Morgan fingerprint density at radius 2 is 2.26 bits per heavy atom. The van der Waals surface area contributed by atoms with E-state index < -0.39 is 12.0 Å². The molecule has 1 aromatic rings. The van der Waals surface area contributed by atoms with Crippen LogP contribution in [0.3, 0.4) is 0 Å². The molecule has 1 amide bonds. The number of rotatable bonds is 5. The number of carbonyl (C=O) groups is 1. The van der Waals surface area contributed by atoms with Crippen molar-refractivity contribution in [3.8, 4) is 5.75 Å². The number of amides is 1. The fourth-order valence-electron chi connectivity index (χ4n) is 2.05. The zero-order chi connectivity index (χ0) is 13.7. The van der Waals surface area contributed by atoms with E-state index in [4.69, 9.17) is 9.47 Å². The van der Waals surface area contributed by atoms with Gasteiger partial charge in [0.1, 0.15) is 5.75 Å².